The lowest BCUT2D eigenvalue weighted by atomic mass is 10.1. The van der Waals surface area contributed by atoms with E-state index in [0.717, 1.165) is 12.0 Å². The van der Waals surface area contributed by atoms with Crippen molar-refractivity contribution in [1.82, 2.24) is 21.0 Å². The summed E-state index contributed by atoms with van der Waals surface area (Å²) in [6.45, 7) is 4.80. The normalized spacial score (nSPS) is 10.7. The molecule has 0 aliphatic carbocycles. The Balaban J connectivity index is 1.42. The number of hydrogen-bond donors (Lipinski definition) is 2. The minimum atomic E-state index is -0.454. The number of ether oxygens (including phenoxy) is 2. The Morgan fingerprint density at radius 2 is 1.85 bits per heavy atom. The van der Waals surface area contributed by atoms with Gasteiger partial charge in [0.15, 0.2) is 11.5 Å². The van der Waals surface area contributed by atoms with Crippen LogP contribution in [0.2, 0.25) is 0 Å². The fraction of sp³-hybridized carbons (Fsp3) is 0.360. The molecule has 0 saturated heterocycles. The minimum absolute atomic E-state index is 0.190. The molecule has 1 aromatic heterocycles. The molecule has 2 aromatic carbocycles. The molecule has 0 atom stereocenters. The van der Waals surface area contributed by atoms with Crippen LogP contribution in [-0.4, -0.2) is 35.7 Å². The average Bonchev–Trinajstić information content (AvgIpc) is 3.32. The highest BCUT2D eigenvalue weighted by Gasteiger charge is 2.13. The molecular weight excluding hydrogens is 436 g/mol. The third-order valence-corrected chi connectivity index (χ3v) is 4.99. The molecule has 3 aromatic rings. The molecule has 9 nitrogen and oxygen atoms in total. The molecule has 2 amide bonds. The lowest BCUT2D eigenvalue weighted by Gasteiger charge is -2.13. The standard InChI is InChI=1S/C25H30N4O5/c1-17(2)14-15-33-20-13-12-19(16-21(20)32-3)25(31)28-27-22(30)10-7-11-23-26-24(29-34-23)18-8-5-4-6-9-18/h4-6,8-9,12-13,16-17H,7,10-11,14-15H2,1-3H3,(H,27,30)(H,28,31). The number of aromatic nitrogens is 2. The van der Waals surface area contributed by atoms with Crippen LogP contribution in [0.1, 0.15) is 49.4 Å². The molecule has 2 N–H and O–H groups in total. The van der Waals surface area contributed by atoms with E-state index < -0.39 is 5.91 Å². The van der Waals surface area contributed by atoms with Crippen molar-refractivity contribution in [3.63, 3.8) is 0 Å². The highest BCUT2D eigenvalue weighted by molar-refractivity contribution is 5.96. The number of carbonyl (C=O) groups is 2. The van der Waals surface area contributed by atoms with E-state index in [2.05, 4.69) is 34.8 Å². The van der Waals surface area contributed by atoms with Crippen LogP contribution >= 0.6 is 0 Å². The van der Waals surface area contributed by atoms with Crippen LogP contribution in [0.25, 0.3) is 11.4 Å². The molecule has 3 rings (SSSR count). The van der Waals surface area contributed by atoms with Gasteiger partial charge in [-0.3, -0.25) is 20.4 Å². The van der Waals surface area contributed by atoms with Crippen LogP contribution in [0.5, 0.6) is 11.5 Å². The zero-order valence-corrected chi connectivity index (χ0v) is 19.7. The van der Waals surface area contributed by atoms with Gasteiger partial charge in [-0.05, 0) is 37.0 Å². The quantitative estimate of drug-likeness (QED) is 0.411. The lowest BCUT2D eigenvalue weighted by molar-refractivity contribution is -0.121. The first-order chi connectivity index (χ1) is 16.5. The van der Waals surface area contributed by atoms with Gasteiger partial charge in [-0.2, -0.15) is 4.98 Å². The molecule has 0 radical (unpaired) electrons. The molecule has 0 spiro atoms. The Kier molecular flexibility index (Phi) is 9.02. The van der Waals surface area contributed by atoms with Crippen LogP contribution in [-0.2, 0) is 11.2 Å². The highest BCUT2D eigenvalue weighted by atomic mass is 16.5. The molecule has 1 heterocycles. The molecule has 180 valence electrons. The molecule has 0 fully saturated rings. The van der Waals surface area contributed by atoms with E-state index >= 15 is 0 Å². The summed E-state index contributed by atoms with van der Waals surface area (Å²) in [5.74, 6) is 1.75. The number of rotatable bonds is 11. The summed E-state index contributed by atoms with van der Waals surface area (Å²) in [7, 11) is 1.51. The number of amides is 2. The van der Waals surface area contributed by atoms with Gasteiger partial charge in [0.1, 0.15) is 0 Å². The number of carbonyl (C=O) groups excluding carboxylic acids is 2. The van der Waals surface area contributed by atoms with Crippen molar-refractivity contribution in [3.05, 3.63) is 60.0 Å². The Morgan fingerprint density at radius 1 is 1.06 bits per heavy atom. The first-order valence-corrected chi connectivity index (χ1v) is 11.2. The van der Waals surface area contributed by atoms with Gasteiger partial charge < -0.3 is 14.0 Å². The van der Waals surface area contributed by atoms with Gasteiger partial charge in [0.25, 0.3) is 5.91 Å². The Labute approximate surface area is 198 Å². The van der Waals surface area contributed by atoms with Gasteiger partial charge in [-0.15, -0.1) is 0 Å². The fourth-order valence-corrected chi connectivity index (χ4v) is 3.05. The average molecular weight is 467 g/mol. The van der Waals surface area contributed by atoms with Crippen molar-refractivity contribution >= 4 is 11.8 Å². The first kappa shape index (κ1) is 24.8. The van der Waals surface area contributed by atoms with Crippen LogP contribution in [0.3, 0.4) is 0 Å². The van der Waals surface area contributed by atoms with Crippen molar-refractivity contribution < 1.29 is 23.6 Å². The number of hydrogen-bond acceptors (Lipinski definition) is 7. The number of hydrazine groups is 1. The molecule has 0 unspecified atom stereocenters. The molecule has 9 heteroatoms. The molecule has 0 bridgehead atoms. The summed E-state index contributed by atoms with van der Waals surface area (Å²) in [4.78, 5) is 28.9. The minimum Gasteiger partial charge on any atom is -0.493 e. The number of nitrogens with one attached hydrogen (secondary N) is 2. The number of methoxy groups -OCH3 is 1. The van der Waals surface area contributed by atoms with Crippen molar-refractivity contribution in [3.8, 4) is 22.9 Å². The molecule has 0 aliphatic rings. The summed E-state index contributed by atoms with van der Waals surface area (Å²) in [5.41, 5.74) is 6.04. The maximum absolute atomic E-state index is 12.4. The zero-order valence-electron chi connectivity index (χ0n) is 19.7. The van der Waals surface area contributed by atoms with Crippen molar-refractivity contribution in [1.29, 1.82) is 0 Å². The first-order valence-electron chi connectivity index (χ1n) is 11.2. The van der Waals surface area contributed by atoms with Crippen LogP contribution < -0.4 is 20.3 Å². The smallest absolute Gasteiger partial charge is 0.269 e. The largest absolute Gasteiger partial charge is 0.493 e. The number of nitrogens with zero attached hydrogens (tertiary/aromatic N) is 2. The molecule has 0 aliphatic heterocycles. The van der Waals surface area contributed by atoms with Gasteiger partial charge >= 0.3 is 0 Å². The predicted octanol–water partition coefficient (Wildman–Crippen LogP) is 3.95. The van der Waals surface area contributed by atoms with Crippen LogP contribution in [0.4, 0.5) is 0 Å². The van der Waals surface area contributed by atoms with Gasteiger partial charge in [0.2, 0.25) is 17.6 Å². The second-order valence-corrected chi connectivity index (χ2v) is 8.13. The van der Waals surface area contributed by atoms with E-state index in [-0.39, 0.29) is 12.3 Å². The van der Waals surface area contributed by atoms with Gasteiger partial charge in [-0.1, -0.05) is 49.3 Å². The van der Waals surface area contributed by atoms with Crippen molar-refractivity contribution in [2.75, 3.05) is 13.7 Å². The zero-order chi connectivity index (χ0) is 24.3. The van der Waals surface area contributed by atoms with E-state index in [1.807, 2.05) is 30.3 Å². The lowest BCUT2D eigenvalue weighted by Crippen LogP contribution is -2.41. The third-order valence-electron chi connectivity index (χ3n) is 4.99. The number of aryl methyl sites for hydroxylation is 1. The monoisotopic (exact) mass is 466 g/mol. The maximum atomic E-state index is 12.4. The highest BCUT2D eigenvalue weighted by Crippen LogP contribution is 2.28. The van der Waals surface area contributed by atoms with E-state index in [1.54, 1.807) is 18.2 Å². The predicted molar refractivity (Wildman–Crippen MR) is 126 cm³/mol. The SMILES string of the molecule is COc1cc(C(=O)NNC(=O)CCCc2nc(-c3ccccc3)no2)ccc1OCCC(C)C. The molecule has 0 saturated carbocycles. The van der Waals surface area contributed by atoms with Gasteiger partial charge in [0, 0.05) is 24.0 Å². The van der Waals surface area contributed by atoms with Gasteiger partial charge in [0.05, 0.1) is 13.7 Å². The Morgan fingerprint density at radius 3 is 2.59 bits per heavy atom. The van der Waals surface area contributed by atoms with E-state index in [1.165, 1.54) is 7.11 Å². The van der Waals surface area contributed by atoms with Crippen molar-refractivity contribution in [2.24, 2.45) is 5.92 Å². The van der Waals surface area contributed by atoms with Crippen LogP contribution in [0, 0.1) is 5.92 Å². The summed E-state index contributed by atoms with van der Waals surface area (Å²) in [5, 5.41) is 3.96. The van der Waals surface area contributed by atoms with Crippen molar-refractivity contribution in [2.45, 2.75) is 39.5 Å². The summed E-state index contributed by atoms with van der Waals surface area (Å²) >= 11 is 0. The van der Waals surface area contributed by atoms with E-state index in [4.69, 9.17) is 14.0 Å². The molecular formula is C25H30N4O5. The fourth-order valence-electron chi connectivity index (χ4n) is 3.05. The van der Waals surface area contributed by atoms with Crippen LogP contribution in [0.15, 0.2) is 53.1 Å². The second kappa shape index (κ2) is 12.4. The Bertz CT molecular complexity index is 1080. The van der Waals surface area contributed by atoms with E-state index in [9.17, 15) is 9.59 Å². The third kappa shape index (κ3) is 7.33. The van der Waals surface area contributed by atoms with Gasteiger partial charge in [-0.25, -0.2) is 0 Å². The topological polar surface area (TPSA) is 116 Å². The van der Waals surface area contributed by atoms with E-state index in [0.29, 0.717) is 54.1 Å². The summed E-state index contributed by atoms with van der Waals surface area (Å²) in [6.07, 6.45) is 2.05. The Hall–Kier alpha value is -3.88. The number of benzene rings is 2. The summed E-state index contributed by atoms with van der Waals surface area (Å²) in [6, 6.07) is 14.4. The molecule has 34 heavy (non-hydrogen) atoms. The second-order valence-electron chi connectivity index (χ2n) is 8.13. The summed E-state index contributed by atoms with van der Waals surface area (Å²) < 4.78 is 16.3. The maximum Gasteiger partial charge on any atom is 0.269 e.